The molecule has 0 aromatic rings. The number of nitrogens with zero attached hydrogens (tertiary/aromatic N) is 2. The number of unbranched alkanes of at least 4 members (excludes halogenated alkanes) is 1. The zero-order valence-corrected chi connectivity index (χ0v) is 25.1. The third-order valence-corrected chi connectivity index (χ3v) is 5.64. The third-order valence-electron chi connectivity index (χ3n) is 4.18. The summed E-state index contributed by atoms with van der Waals surface area (Å²) in [7, 11) is 4.30. The second-order valence-corrected chi connectivity index (χ2v) is 9.67. The molecule has 0 bridgehead atoms. The van der Waals surface area contributed by atoms with Crippen LogP contribution in [-0.2, 0) is 14.3 Å². The number of hydrogen-bond donors (Lipinski definition) is 1. The van der Waals surface area contributed by atoms with Crippen molar-refractivity contribution in [3.8, 4) is 12.3 Å². The van der Waals surface area contributed by atoms with E-state index in [4.69, 9.17) is 5.11 Å². The highest BCUT2D eigenvalue weighted by Gasteiger charge is 2.01. The summed E-state index contributed by atoms with van der Waals surface area (Å²) >= 11 is 1.85. The van der Waals surface area contributed by atoms with Gasteiger partial charge in [-0.25, -0.2) is 0 Å². The van der Waals surface area contributed by atoms with Gasteiger partial charge in [0.1, 0.15) is 12.9 Å². The molecule has 0 spiro atoms. The predicted molar refractivity (Wildman–Crippen MR) is 155 cm³/mol. The van der Waals surface area contributed by atoms with Crippen LogP contribution in [0.1, 0.15) is 86.5 Å². The van der Waals surface area contributed by atoms with E-state index in [1.165, 1.54) is 64.0 Å². The average Bonchev–Trinajstić information content (AvgIpc) is 2.82. The van der Waals surface area contributed by atoms with Gasteiger partial charge >= 0.3 is 5.97 Å². The molecule has 0 fully saturated rings. The smallest absolute Gasteiger partial charge is 0.305 e. The van der Waals surface area contributed by atoms with Crippen LogP contribution in [0.4, 0.5) is 0 Å². The van der Waals surface area contributed by atoms with Crippen LogP contribution in [0.2, 0.25) is 0 Å². The Morgan fingerprint density at radius 2 is 1.57 bits per heavy atom. The van der Waals surface area contributed by atoms with Crippen LogP contribution in [0.3, 0.4) is 0 Å². The molecule has 210 valence electrons. The van der Waals surface area contributed by atoms with Crippen LogP contribution in [0, 0.1) is 18.3 Å². The largest absolute Gasteiger partial charge is 0.463 e. The number of carbonyl (C=O) groups is 2. The highest BCUT2D eigenvalue weighted by molar-refractivity contribution is 7.99. The Hall–Kier alpha value is -1.07. The molecule has 0 aromatic carbocycles. The van der Waals surface area contributed by atoms with Crippen molar-refractivity contribution in [2.75, 3.05) is 65.0 Å². The van der Waals surface area contributed by atoms with Crippen molar-refractivity contribution in [2.24, 2.45) is 5.92 Å². The van der Waals surface area contributed by atoms with Crippen molar-refractivity contribution in [2.45, 2.75) is 86.5 Å². The zero-order valence-electron chi connectivity index (χ0n) is 24.3. The predicted octanol–water partition coefficient (Wildman–Crippen LogP) is 5.38. The molecule has 0 rings (SSSR count). The summed E-state index contributed by atoms with van der Waals surface area (Å²) in [4.78, 5) is 25.4. The number of ether oxygens (including phenoxy) is 1. The second kappa shape index (κ2) is 37.5. The molecule has 1 N–H and O–H groups in total. The van der Waals surface area contributed by atoms with E-state index >= 15 is 0 Å². The zero-order chi connectivity index (χ0) is 27.7. The number of terminal acetylenes is 1. The Morgan fingerprint density at radius 1 is 1.03 bits per heavy atom. The van der Waals surface area contributed by atoms with E-state index in [9.17, 15) is 9.59 Å². The van der Waals surface area contributed by atoms with Crippen molar-refractivity contribution in [1.29, 1.82) is 0 Å². The first kappa shape index (κ1) is 41.1. The molecule has 7 heteroatoms. The third kappa shape index (κ3) is 46.9. The first-order valence-electron chi connectivity index (χ1n) is 13.3. The summed E-state index contributed by atoms with van der Waals surface area (Å²) in [5, 5.41) is 8.21. The highest BCUT2D eigenvalue weighted by Crippen LogP contribution is 2.06. The molecule has 0 aliphatic carbocycles. The van der Waals surface area contributed by atoms with Gasteiger partial charge in [0, 0.05) is 18.1 Å². The lowest BCUT2D eigenvalue weighted by Gasteiger charge is -2.21. The molecule has 1 atom stereocenters. The fraction of sp³-hybridized carbons (Fsp3) is 0.857. The van der Waals surface area contributed by atoms with E-state index in [0.717, 1.165) is 18.5 Å². The molecular formula is C28H58N2O4S. The number of aldehydes is 1. The molecule has 0 aromatic heterocycles. The standard InChI is InChI=1S/C12H28N2.C7H14OS.C6H12O3.C3H4/c1-5-9-14(10-6-2)12-8-7-11-13(3)4;1-3-4-9-6-7(2)5-8;1-2-3-6(8)9-5-4-7;1-3-2/h5-12H2,1-4H3;5,7H,3-4,6H2,1-2H3;7H,2-5H2,1H3;1H,2H3. The van der Waals surface area contributed by atoms with Gasteiger partial charge in [0.2, 0.25) is 0 Å². The van der Waals surface area contributed by atoms with Crippen LogP contribution in [0.25, 0.3) is 0 Å². The summed E-state index contributed by atoms with van der Waals surface area (Å²) < 4.78 is 4.54. The molecule has 6 nitrogen and oxygen atoms in total. The molecule has 1 unspecified atom stereocenters. The lowest BCUT2D eigenvalue weighted by molar-refractivity contribution is -0.144. The molecule has 0 radical (unpaired) electrons. The number of esters is 1. The molecule has 0 saturated carbocycles. The van der Waals surface area contributed by atoms with Crippen LogP contribution >= 0.6 is 11.8 Å². The molecule has 35 heavy (non-hydrogen) atoms. The SMILES string of the molecule is C#CC.CCCC(=O)OCCO.CCCN(CCC)CCCCN(C)C.CCCSCC(C)C=O. The Bertz CT molecular complexity index is 451. The summed E-state index contributed by atoms with van der Waals surface area (Å²) in [6, 6.07) is 0. The number of thioether (sulfide) groups is 1. The van der Waals surface area contributed by atoms with E-state index in [0.29, 0.717) is 6.42 Å². The van der Waals surface area contributed by atoms with Crippen LogP contribution in [-0.4, -0.2) is 92.2 Å². The number of carbonyl (C=O) groups excluding carboxylic acids is 2. The monoisotopic (exact) mass is 518 g/mol. The molecule has 0 aliphatic heterocycles. The van der Waals surface area contributed by atoms with Gasteiger partial charge < -0.3 is 24.4 Å². The van der Waals surface area contributed by atoms with Gasteiger partial charge in [-0.3, -0.25) is 4.79 Å². The summed E-state index contributed by atoms with van der Waals surface area (Å²) in [5.74, 6) is 4.42. The van der Waals surface area contributed by atoms with E-state index in [1.807, 2.05) is 25.6 Å². The van der Waals surface area contributed by atoms with Gasteiger partial charge in [0.25, 0.3) is 0 Å². The fourth-order valence-corrected chi connectivity index (χ4v) is 3.53. The van der Waals surface area contributed by atoms with Crippen molar-refractivity contribution in [1.82, 2.24) is 9.80 Å². The Kier molecular flexibility index (Phi) is 44.0. The van der Waals surface area contributed by atoms with Gasteiger partial charge in [-0.15, -0.1) is 12.3 Å². The van der Waals surface area contributed by atoms with Gasteiger partial charge in [0.05, 0.1) is 6.61 Å². The highest BCUT2D eigenvalue weighted by atomic mass is 32.2. The minimum absolute atomic E-state index is 0.0878. The van der Waals surface area contributed by atoms with E-state index < -0.39 is 0 Å². The van der Waals surface area contributed by atoms with Gasteiger partial charge in [-0.05, 0) is 91.5 Å². The molecule has 0 heterocycles. The van der Waals surface area contributed by atoms with Crippen LogP contribution in [0.5, 0.6) is 0 Å². The van der Waals surface area contributed by atoms with Crippen molar-refractivity contribution in [3.05, 3.63) is 0 Å². The maximum absolute atomic E-state index is 10.5. The van der Waals surface area contributed by atoms with E-state index in [2.05, 4.69) is 61.7 Å². The molecular weight excluding hydrogens is 460 g/mol. The Morgan fingerprint density at radius 3 is 1.97 bits per heavy atom. The molecule has 0 saturated heterocycles. The average molecular weight is 519 g/mol. The summed E-state index contributed by atoms with van der Waals surface area (Å²) in [5.41, 5.74) is 0. The molecule has 0 amide bonds. The fourth-order valence-electron chi connectivity index (χ4n) is 2.62. The second-order valence-electron chi connectivity index (χ2n) is 8.52. The Labute approximate surface area is 222 Å². The first-order chi connectivity index (χ1) is 16.7. The number of aliphatic hydroxyl groups excluding tert-OH is 1. The quantitative estimate of drug-likeness (QED) is 0.113. The minimum atomic E-state index is -0.230. The molecule has 0 aliphatic rings. The number of rotatable bonds is 18. The van der Waals surface area contributed by atoms with Crippen LogP contribution < -0.4 is 0 Å². The van der Waals surface area contributed by atoms with Crippen molar-refractivity contribution < 1.29 is 19.4 Å². The van der Waals surface area contributed by atoms with Gasteiger partial charge in [0.15, 0.2) is 0 Å². The number of hydrogen-bond acceptors (Lipinski definition) is 7. The lowest BCUT2D eigenvalue weighted by atomic mass is 10.2. The minimum Gasteiger partial charge on any atom is -0.463 e. The maximum atomic E-state index is 10.5. The van der Waals surface area contributed by atoms with Crippen molar-refractivity contribution in [3.63, 3.8) is 0 Å². The van der Waals surface area contributed by atoms with Gasteiger partial charge in [-0.2, -0.15) is 11.8 Å². The maximum Gasteiger partial charge on any atom is 0.305 e. The van der Waals surface area contributed by atoms with Crippen molar-refractivity contribution >= 4 is 24.0 Å². The lowest BCUT2D eigenvalue weighted by Crippen LogP contribution is -2.27. The summed E-state index contributed by atoms with van der Waals surface area (Å²) in [6.45, 7) is 17.3. The summed E-state index contributed by atoms with van der Waals surface area (Å²) in [6.07, 6.45) is 13.3. The Balaban J connectivity index is -0.000000201. The first-order valence-corrected chi connectivity index (χ1v) is 14.4. The topological polar surface area (TPSA) is 70.1 Å². The van der Waals surface area contributed by atoms with E-state index in [-0.39, 0.29) is 25.1 Å². The van der Waals surface area contributed by atoms with Gasteiger partial charge in [-0.1, -0.05) is 34.6 Å². The van der Waals surface area contributed by atoms with Crippen LogP contribution in [0.15, 0.2) is 0 Å². The normalized spacial score (nSPS) is 10.6. The van der Waals surface area contributed by atoms with E-state index in [1.54, 1.807) is 6.92 Å². The number of aliphatic hydroxyl groups is 1.